The molecular formula is C26H20O. The van der Waals surface area contributed by atoms with E-state index in [1.54, 1.807) is 6.92 Å². The lowest BCUT2D eigenvalue weighted by molar-refractivity contribution is 0.101. The van der Waals surface area contributed by atoms with E-state index in [0.717, 1.165) is 38.9 Å². The molecule has 0 aliphatic rings. The molecule has 0 amide bonds. The predicted octanol–water partition coefficient (Wildman–Crippen LogP) is 6.89. The van der Waals surface area contributed by atoms with Crippen molar-refractivity contribution in [2.45, 2.75) is 6.92 Å². The van der Waals surface area contributed by atoms with Crippen molar-refractivity contribution in [2.75, 3.05) is 0 Å². The highest BCUT2D eigenvalue weighted by molar-refractivity contribution is 6.08. The zero-order chi connectivity index (χ0) is 18.6. The Balaban J connectivity index is 2.06. The van der Waals surface area contributed by atoms with Crippen LogP contribution < -0.4 is 0 Å². The third-order valence-corrected chi connectivity index (χ3v) is 4.77. The first kappa shape index (κ1) is 17.0. The molecule has 0 bridgehead atoms. The molecule has 4 aromatic rings. The fraction of sp³-hybridized carbons (Fsp3) is 0.0385. The van der Waals surface area contributed by atoms with Crippen LogP contribution in [0.2, 0.25) is 0 Å². The van der Waals surface area contributed by atoms with Crippen LogP contribution in [0.15, 0.2) is 103 Å². The molecule has 0 saturated carbocycles. The smallest absolute Gasteiger partial charge is 0.161 e. The SMILES string of the molecule is CC(=O)c1c(-c2ccccc2)cc(-c2ccccc2)cc1-c1ccccc1. The molecule has 1 nitrogen and oxygen atoms in total. The molecular weight excluding hydrogens is 328 g/mol. The first-order chi connectivity index (χ1) is 13.2. The molecule has 0 aliphatic heterocycles. The van der Waals surface area contributed by atoms with Crippen molar-refractivity contribution in [1.29, 1.82) is 0 Å². The molecule has 0 saturated heterocycles. The second-order valence-corrected chi connectivity index (χ2v) is 6.60. The quantitative estimate of drug-likeness (QED) is 0.367. The van der Waals surface area contributed by atoms with Crippen LogP contribution in [0, 0.1) is 0 Å². The Bertz CT molecular complexity index is 1000. The van der Waals surface area contributed by atoms with Crippen molar-refractivity contribution in [3.05, 3.63) is 109 Å². The van der Waals surface area contributed by atoms with Gasteiger partial charge >= 0.3 is 0 Å². The van der Waals surface area contributed by atoms with E-state index >= 15 is 0 Å². The van der Waals surface area contributed by atoms with Crippen molar-refractivity contribution < 1.29 is 4.79 Å². The highest BCUT2D eigenvalue weighted by Crippen LogP contribution is 2.37. The number of carbonyl (C=O) groups excluding carboxylic acids is 1. The summed E-state index contributed by atoms with van der Waals surface area (Å²) in [5.74, 6) is 0.0762. The third-order valence-electron chi connectivity index (χ3n) is 4.77. The summed E-state index contributed by atoms with van der Waals surface area (Å²) >= 11 is 0. The van der Waals surface area contributed by atoms with Gasteiger partial charge in [-0.2, -0.15) is 0 Å². The fourth-order valence-corrected chi connectivity index (χ4v) is 3.51. The summed E-state index contributed by atoms with van der Waals surface area (Å²) in [4.78, 5) is 12.7. The van der Waals surface area contributed by atoms with Crippen LogP contribution in [-0.4, -0.2) is 5.78 Å². The Morgan fingerprint density at radius 1 is 0.519 bits per heavy atom. The Morgan fingerprint density at radius 2 is 0.889 bits per heavy atom. The number of benzene rings is 4. The highest BCUT2D eigenvalue weighted by Gasteiger charge is 2.18. The van der Waals surface area contributed by atoms with E-state index in [-0.39, 0.29) is 5.78 Å². The van der Waals surface area contributed by atoms with Gasteiger partial charge in [0.25, 0.3) is 0 Å². The lowest BCUT2D eigenvalue weighted by Gasteiger charge is -2.16. The maximum atomic E-state index is 12.7. The molecule has 0 heterocycles. The van der Waals surface area contributed by atoms with Crippen LogP contribution in [0.3, 0.4) is 0 Å². The van der Waals surface area contributed by atoms with Crippen LogP contribution in [0.5, 0.6) is 0 Å². The zero-order valence-electron chi connectivity index (χ0n) is 15.2. The van der Waals surface area contributed by atoms with E-state index in [9.17, 15) is 4.79 Å². The van der Waals surface area contributed by atoms with Crippen molar-refractivity contribution in [1.82, 2.24) is 0 Å². The maximum Gasteiger partial charge on any atom is 0.161 e. The Kier molecular flexibility index (Phi) is 4.67. The summed E-state index contributed by atoms with van der Waals surface area (Å²) in [6.07, 6.45) is 0. The molecule has 130 valence electrons. The molecule has 0 radical (unpaired) electrons. The highest BCUT2D eigenvalue weighted by atomic mass is 16.1. The number of hydrogen-bond donors (Lipinski definition) is 0. The minimum atomic E-state index is 0.0762. The van der Waals surface area contributed by atoms with Crippen LogP contribution in [0.25, 0.3) is 33.4 Å². The zero-order valence-corrected chi connectivity index (χ0v) is 15.2. The standard InChI is InChI=1S/C26H20O/c1-19(27)26-24(21-13-7-3-8-14-21)17-23(20-11-5-2-6-12-20)18-25(26)22-15-9-4-10-16-22/h2-18H,1H3. The van der Waals surface area contributed by atoms with E-state index in [1.807, 2.05) is 54.6 Å². The van der Waals surface area contributed by atoms with Gasteiger partial charge in [-0.05, 0) is 52.4 Å². The van der Waals surface area contributed by atoms with Gasteiger partial charge in [-0.1, -0.05) is 91.0 Å². The first-order valence-electron chi connectivity index (χ1n) is 9.09. The number of carbonyl (C=O) groups is 1. The molecule has 0 atom stereocenters. The van der Waals surface area contributed by atoms with Crippen LogP contribution in [0.1, 0.15) is 17.3 Å². The Labute approximate surface area is 159 Å². The number of Topliss-reactive ketones (excluding diaryl/α,β-unsaturated/α-hetero) is 1. The van der Waals surface area contributed by atoms with Gasteiger partial charge in [-0.15, -0.1) is 0 Å². The third kappa shape index (κ3) is 3.45. The summed E-state index contributed by atoms with van der Waals surface area (Å²) in [6, 6.07) is 34.8. The largest absolute Gasteiger partial charge is 0.294 e. The Hall–Kier alpha value is -3.45. The molecule has 0 aliphatic carbocycles. The van der Waals surface area contributed by atoms with Crippen molar-refractivity contribution in [2.24, 2.45) is 0 Å². The molecule has 1 heteroatoms. The summed E-state index contributed by atoms with van der Waals surface area (Å²) < 4.78 is 0. The maximum absolute atomic E-state index is 12.7. The van der Waals surface area contributed by atoms with E-state index in [4.69, 9.17) is 0 Å². The van der Waals surface area contributed by atoms with Gasteiger partial charge in [-0.25, -0.2) is 0 Å². The van der Waals surface area contributed by atoms with Crippen LogP contribution in [-0.2, 0) is 0 Å². The minimum absolute atomic E-state index is 0.0762. The summed E-state index contributed by atoms with van der Waals surface area (Å²) in [7, 11) is 0. The van der Waals surface area contributed by atoms with Gasteiger partial charge in [0, 0.05) is 5.56 Å². The molecule has 0 unspecified atom stereocenters. The van der Waals surface area contributed by atoms with Crippen molar-refractivity contribution in [3.8, 4) is 33.4 Å². The Morgan fingerprint density at radius 3 is 1.26 bits per heavy atom. The molecule has 27 heavy (non-hydrogen) atoms. The monoisotopic (exact) mass is 348 g/mol. The van der Waals surface area contributed by atoms with Gasteiger partial charge in [0.05, 0.1) is 0 Å². The molecule has 0 fully saturated rings. The van der Waals surface area contributed by atoms with Gasteiger partial charge < -0.3 is 0 Å². The van der Waals surface area contributed by atoms with E-state index in [2.05, 4.69) is 48.5 Å². The lowest BCUT2D eigenvalue weighted by atomic mass is 9.86. The molecule has 4 aromatic carbocycles. The van der Waals surface area contributed by atoms with E-state index in [0.29, 0.717) is 0 Å². The first-order valence-corrected chi connectivity index (χ1v) is 9.09. The van der Waals surface area contributed by atoms with Crippen molar-refractivity contribution in [3.63, 3.8) is 0 Å². The summed E-state index contributed by atoms with van der Waals surface area (Å²) in [6.45, 7) is 1.65. The number of hydrogen-bond acceptors (Lipinski definition) is 1. The minimum Gasteiger partial charge on any atom is -0.294 e. The van der Waals surface area contributed by atoms with Gasteiger partial charge in [0.2, 0.25) is 0 Å². The molecule has 0 aromatic heterocycles. The molecule has 0 spiro atoms. The average Bonchev–Trinajstić information content (AvgIpc) is 2.74. The van der Waals surface area contributed by atoms with E-state index < -0.39 is 0 Å². The number of ketones is 1. The summed E-state index contributed by atoms with van der Waals surface area (Å²) in [5, 5.41) is 0. The number of rotatable bonds is 4. The predicted molar refractivity (Wildman–Crippen MR) is 113 cm³/mol. The van der Waals surface area contributed by atoms with Gasteiger partial charge in [-0.3, -0.25) is 4.79 Å². The molecule has 0 N–H and O–H groups in total. The lowest BCUT2D eigenvalue weighted by Crippen LogP contribution is -2.01. The van der Waals surface area contributed by atoms with Crippen molar-refractivity contribution >= 4 is 5.78 Å². The summed E-state index contributed by atoms with van der Waals surface area (Å²) in [5.41, 5.74) is 7.08. The topological polar surface area (TPSA) is 17.1 Å². The fourth-order valence-electron chi connectivity index (χ4n) is 3.51. The van der Waals surface area contributed by atoms with E-state index in [1.165, 1.54) is 0 Å². The van der Waals surface area contributed by atoms with Crippen LogP contribution in [0.4, 0.5) is 0 Å². The molecule has 4 rings (SSSR count). The van der Waals surface area contributed by atoms with Crippen LogP contribution >= 0.6 is 0 Å². The van der Waals surface area contributed by atoms with Gasteiger partial charge in [0.15, 0.2) is 5.78 Å². The normalized spacial score (nSPS) is 10.6. The average molecular weight is 348 g/mol. The second kappa shape index (κ2) is 7.43. The second-order valence-electron chi connectivity index (χ2n) is 6.60. The van der Waals surface area contributed by atoms with Gasteiger partial charge in [0.1, 0.15) is 0 Å².